The first kappa shape index (κ1) is 8.14. The highest BCUT2D eigenvalue weighted by molar-refractivity contribution is 5.63. The second-order valence-electron chi connectivity index (χ2n) is 4.18. The molecule has 0 radical (unpaired) electrons. The molecule has 2 aliphatic rings. The van der Waals surface area contributed by atoms with Gasteiger partial charge in [0.1, 0.15) is 6.29 Å². The van der Waals surface area contributed by atoms with Gasteiger partial charge in [-0.25, -0.2) is 8.78 Å². The summed E-state index contributed by atoms with van der Waals surface area (Å²) in [6, 6.07) is 0. The lowest BCUT2D eigenvalue weighted by Crippen LogP contribution is -2.03. The van der Waals surface area contributed by atoms with Crippen molar-refractivity contribution in [3.8, 4) is 0 Å². The molecular weight excluding hydrogens is 162 g/mol. The van der Waals surface area contributed by atoms with Gasteiger partial charge in [-0.1, -0.05) is 0 Å². The maximum Gasteiger partial charge on any atom is 0.251 e. The molecule has 2 rings (SSSR count). The maximum atomic E-state index is 12.4. The van der Waals surface area contributed by atoms with E-state index in [4.69, 9.17) is 0 Å². The van der Waals surface area contributed by atoms with Crippen LogP contribution >= 0.6 is 0 Å². The molecular formula is C9H12F2O. The minimum atomic E-state index is -2.40. The third-order valence-electron chi connectivity index (χ3n) is 3.09. The fourth-order valence-electron chi connectivity index (χ4n) is 1.63. The zero-order valence-corrected chi connectivity index (χ0v) is 6.85. The van der Waals surface area contributed by atoms with Crippen LogP contribution < -0.4 is 0 Å². The number of carbonyl (C=O) groups is 1. The Hall–Kier alpha value is -0.470. The number of hydrogen-bond donors (Lipinski definition) is 0. The van der Waals surface area contributed by atoms with E-state index in [9.17, 15) is 13.6 Å². The van der Waals surface area contributed by atoms with Crippen LogP contribution in [0.1, 0.15) is 32.1 Å². The fourth-order valence-corrected chi connectivity index (χ4v) is 1.63. The lowest BCUT2D eigenvalue weighted by Gasteiger charge is -2.04. The van der Waals surface area contributed by atoms with E-state index in [0.717, 1.165) is 19.1 Å². The second kappa shape index (κ2) is 2.27. The average molecular weight is 174 g/mol. The van der Waals surface area contributed by atoms with Crippen LogP contribution in [0, 0.1) is 11.3 Å². The molecule has 12 heavy (non-hydrogen) atoms. The molecule has 0 heterocycles. The summed E-state index contributed by atoms with van der Waals surface area (Å²) in [6.45, 7) is 0. The molecule has 0 aromatic carbocycles. The van der Waals surface area contributed by atoms with E-state index in [1.54, 1.807) is 0 Å². The van der Waals surface area contributed by atoms with E-state index in [-0.39, 0.29) is 11.8 Å². The third kappa shape index (κ3) is 1.37. The molecule has 1 atom stereocenters. The number of rotatable bonds is 4. The molecule has 2 aliphatic carbocycles. The molecule has 1 nitrogen and oxygen atoms in total. The number of alkyl halides is 2. The first-order valence-electron chi connectivity index (χ1n) is 4.42. The molecule has 0 saturated heterocycles. The van der Waals surface area contributed by atoms with Crippen molar-refractivity contribution in [2.75, 3.05) is 0 Å². The number of halogens is 2. The van der Waals surface area contributed by atoms with Crippen molar-refractivity contribution in [2.45, 2.75) is 38.0 Å². The van der Waals surface area contributed by atoms with Crippen LogP contribution in [0.25, 0.3) is 0 Å². The summed E-state index contributed by atoms with van der Waals surface area (Å²) in [6.07, 6.45) is 4.03. The molecule has 0 aromatic heterocycles. The van der Waals surface area contributed by atoms with Crippen molar-refractivity contribution in [1.82, 2.24) is 0 Å². The van der Waals surface area contributed by atoms with Crippen LogP contribution in [0.2, 0.25) is 0 Å². The molecule has 2 fully saturated rings. The van der Waals surface area contributed by atoms with Crippen molar-refractivity contribution < 1.29 is 13.6 Å². The summed E-state index contributed by atoms with van der Waals surface area (Å²) in [5.74, 6) is -2.83. The van der Waals surface area contributed by atoms with Crippen molar-refractivity contribution in [3.63, 3.8) is 0 Å². The van der Waals surface area contributed by atoms with Gasteiger partial charge in [0.05, 0.1) is 0 Å². The van der Waals surface area contributed by atoms with Crippen molar-refractivity contribution in [1.29, 1.82) is 0 Å². The van der Waals surface area contributed by atoms with Crippen LogP contribution in [0.4, 0.5) is 8.78 Å². The molecule has 0 bridgehead atoms. The Morgan fingerprint density at radius 1 is 1.42 bits per heavy atom. The second-order valence-corrected chi connectivity index (χ2v) is 4.18. The number of hydrogen-bond acceptors (Lipinski definition) is 1. The Morgan fingerprint density at radius 3 is 2.33 bits per heavy atom. The van der Waals surface area contributed by atoms with E-state index in [0.29, 0.717) is 12.8 Å². The zero-order chi connectivity index (χ0) is 8.82. The van der Waals surface area contributed by atoms with Crippen LogP contribution in [0.15, 0.2) is 0 Å². The zero-order valence-electron chi connectivity index (χ0n) is 6.85. The van der Waals surface area contributed by atoms with E-state index in [1.807, 2.05) is 0 Å². The number of aldehydes is 1. The van der Waals surface area contributed by atoms with Gasteiger partial charge in [-0.15, -0.1) is 0 Å². The number of carbonyl (C=O) groups excluding carboxylic acids is 1. The Kier molecular flexibility index (Phi) is 1.54. The third-order valence-corrected chi connectivity index (χ3v) is 3.09. The van der Waals surface area contributed by atoms with Gasteiger partial charge in [0.2, 0.25) is 0 Å². The molecule has 1 unspecified atom stereocenters. The maximum absolute atomic E-state index is 12.4. The molecule has 0 aromatic rings. The van der Waals surface area contributed by atoms with Crippen molar-refractivity contribution in [2.24, 2.45) is 11.3 Å². The van der Waals surface area contributed by atoms with E-state index >= 15 is 0 Å². The predicted octanol–water partition coefficient (Wildman–Crippen LogP) is 2.40. The van der Waals surface area contributed by atoms with Crippen molar-refractivity contribution in [3.05, 3.63) is 0 Å². The highest BCUT2D eigenvalue weighted by Gasteiger charge is 2.57. The van der Waals surface area contributed by atoms with Crippen LogP contribution in [-0.4, -0.2) is 12.2 Å². The molecule has 3 heteroatoms. The van der Waals surface area contributed by atoms with Crippen LogP contribution in [0.5, 0.6) is 0 Å². The largest absolute Gasteiger partial charge is 0.303 e. The first-order chi connectivity index (χ1) is 5.58. The van der Waals surface area contributed by atoms with Gasteiger partial charge in [0.15, 0.2) is 0 Å². The van der Waals surface area contributed by atoms with E-state index in [1.165, 1.54) is 0 Å². The monoisotopic (exact) mass is 174 g/mol. The van der Waals surface area contributed by atoms with E-state index < -0.39 is 11.8 Å². The summed E-state index contributed by atoms with van der Waals surface area (Å²) in [5, 5.41) is 0. The first-order valence-corrected chi connectivity index (χ1v) is 4.42. The van der Waals surface area contributed by atoms with Crippen molar-refractivity contribution >= 4 is 6.29 Å². The Morgan fingerprint density at radius 2 is 2.00 bits per heavy atom. The summed E-state index contributed by atoms with van der Waals surface area (Å²) in [5.41, 5.74) is -0.182. The van der Waals surface area contributed by atoms with Crippen LogP contribution in [-0.2, 0) is 4.79 Å². The Labute approximate surface area is 70.1 Å². The van der Waals surface area contributed by atoms with Gasteiger partial charge in [-0.3, -0.25) is 0 Å². The predicted molar refractivity (Wildman–Crippen MR) is 40.0 cm³/mol. The average Bonchev–Trinajstić information content (AvgIpc) is 2.86. The smallest absolute Gasteiger partial charge is 0.251 e. The summed E-state index contributed by atoms with van der Waals surface area (Å²) < 4.78 is 24.8. The molecule has 68 valence electrons. The Bertz CT molecular complexity index is 209. The molecule has 0 spiro atoms. The topological polar surface area (TPSA) is 17.1 Å². The van der Waals surface area contributed by atoms with Gasteiger partial charge < -0.3 is 4.79 Å². The SMILES string of the molecule is O=CC1(CCC2CC2(F)F)CC1. The summed E-state index contributed by atoms with van der Waals surface area (Å²) >= 11 is 0. The quantitative estimate of drug-likeness (QED) is 0.598. The van der Waals surface area contributed by atoms with Gasteiger partial charge in [0, 0.05) is 17.8 Å². The summed E-state index contributed by atoms with van der Waals surface area (Å²) in [4.78, 5) is 10.5. The highest BCUT2D eigenvalue weighted by atomic mass is 19.3. The molecule has 0 aliphatic heterocycles. The Balaban J connectivity index is 1.73. The van der Waals surface area contributed by atoms with Gasteiger partial charge in [-0.05, 0) is 25.7 Å². The normalized spacial score (nSPS) is 34.3. The van der Waals surface area contributed by atoms with E-state index in [2.05, 4.69) is 0 Å². The van der Waals surface area contributed by atoms with Gasteiger partial charge in [-0.2, -0.15) is 0 Å². The lowest BCUT2D eigenvalue weighted by molar-refractivity contribution is -0.112. The minimum absolute atomic E-state index is 0.0436. The summed E-state index contributed by atoms with van der Waals surface area (Å²) in [7, 11) is 0. The standard InChI is InChI=1S/C9H12F2O/c10-9(11)5-7(9)1-2-8(6-12)3-4-8/h6-7H,1-5H2. The highest BCUT2D eigenvalue weighted by Crippen LogP contribution is 2.55. The lowest BCUT2D eigenvalue weighted by atomic mass is 10.0. The molecule has 2 saturated carbocycles. The van der Waals surface area contributed by atoms with Gasteiger partial charge in [0.25, 0.3) is 5.92 Å². The fraction of sp³-hybridized carbons (Fsp3) is 0.889. The van der Waals surface area contributed by atoms with Gasteiger partial charge >= 0.3 is 0 Å². The molecule has 0 N–H and O–H groups in total. The molecule has 0 amide bonds. The van der Waals surface area contributed by atoms with Crippen LogP contribution in [0.3, 0.4) is 0 Å². The minimum Gasteiger partial charge on any atom is -0.303 e.